The Morgan fingerprint density at radius 1 is 1.06 bits per heavy atom. The second-order valence-electron chi connectivity index (χ2n) is 8.00. The number of terminal acetylenes is 1. The molecule has 1 amide bonds. The van der Waals surface area contributed by atoms with Gasteiger partial charge in [-0.05, 0) is 31.0 Å². The van der Waals surface area contributed by atoms with Crippen LogP contribution in [0.2, 0.25) is 0 Å². The molecule has 0 fully saturated rings. The van der Waals surface area contributed by atoms with Crippen LogP contribution in [0, 0.1) is 23.7 Å². The molecule has 2 aromatic rings. The molecule has 0 unspecified atom stereocenters. The SMILES string of the molecule is C#CCN1C(=O)[C@@]2(C(C#N)=C(N)N(c3ccccc3)C3=C2C(=O)CCC3)c2ccccc21. The van der Waals surface area contributed by atoms with Gasteiger partial charge in [-0.3, -0.25) is 19.4 Å². The monoisotopic (exact) mass is 420 g/mol. The quantitative estimate of drug-likeness (QED) is 0.754. The number of benzene rings is 2. The molecule has 2 N–H and O–H groups in total. The summed E-state index contributed by atoms with van der Waals surface area (Å²) in [6.07, 6.45) is 7.10. The fourth-order valence-electron chi connectivity index (χ4n) is 5.25. The molecule has 2 heterocycles. The van der Waals surface area contributed by atoms with Crippen LogP contribution >= 0.6 is 0 Å². The van der Waals surface area contributed by atoms with E-state index in [-0.39, 0.29) is 23.7 Å². The van der Waals surface area contributed by atoms with Crippen molar-refractivity contribution >= 4 is 23.1 Å². The van der Waals surface area contributed by atoms with Crippen molar-refractivity contribution in [1.29, 1.82) is 5.26 Å². The number of fused-ring (bicyclic) bond motifs is 3. The number of para-hydroxylation sites is 2. The summed E-state index contributed by atoms with van der Waals surface area (Å²) in [7, 11) is 0. The van der Waals surface area contributed by atoms with E-state index in [0.29, 0.717) is 41.8 Å². The van der Waals surface area contributed by atoms with Crippen LogP contribution in [0.15, 0.2) is 77.3 Å². The number of anilines is 2. The predicted molar refractivity (Wildman–Crippen MR) is 121 cm³/mol. The summed E-state index contributed by atoms with van der Waals surface area (Å²) in [6.45, 7) is 0.0371. The third-order valence-corrected chi connectivity index (χ3v) is 6.44. The van der Waals surface area contributed by atoms with E-state index in [4.69, 9.17) is 12.2 Å². The number of rotatable bonds is 2. The Balaban J connectivity index is 1.90. The van der Waals surface area contributed by atoms with Gasteiger partial charge in [0, 0.05) is 34.6 Å². The molecule has 32 heavy (non-hydrogen) atoms. The standard InChI is InChI=1S/C26H20N4O2/c1-2-15-29-20-12-7-6-11-18(20)26(25(29)32)19(16-27)24(28)30(17-9-4-3-5-10-17)21-13-8-14-22(31)23(21)26/h1,3-7,9-12H,8,13-15,28H2/t26-/m1/s1. The number of hydrogen-bond acceptors (Lipinski definition) is 5. The summed E-state index contributed by atoms with van der Waals surface area (Å²) in [5.41, 5.74) is 8.07. The number of ketones is 1. The maximum Gasteiger partial charge on any atom is 0.248 e. The summed E-state index contributed by atoms with van der Waals surface area (Å²) >= 11 is 0. The first-order valence-corrected chi connectivity index (χ1v) is 10.4. The van der Waals surface area contributed by atoms with Crippen molar-refractivity contribution in [3.05, 3.63) is 82.8 Å². The van der Waals surface area contributed by atoms with Gasteiger partial charge >= 0.3 is 0 Å². The number of nitrogens with two attached hydrogens (primary N) is 1. The molecule has 0 saturated heterocycles. The highest BCUT2D eigenvalue weighted by molar-refractivity contribution is 6.20. The minimum Gasteiger partial charge on any atom is -0.384 e. The Hall–Kier alpha value is -4.29. The molecule has 2 aromatic carbocycles. The van der Waals surface area contributed by atoms with Gasteiger partial charge in [-0.25, -0.2) is 0 Å². The molecule has 2 aliphatic heterocycles. The zero-order valence-electron chi connectivity index (χ0n) is 17.3. The molecule has 0 radical (unpaired) electrons. The van der Waals surface area contributed by atoms with E-state index in [1.54, 1.807) is 23.1 Å². The van der Waals surface area contributed by atoms with Gasteiger partial charge in [0.1, 0.15) is 17.3 Å². The molecular formula is C26H20N4O2. The molecule has 0 saturated carbocycles. The average molecular weight is 420 g/mol. The molecule has 1 aliphatic carbocycles. The first-order chi connectivity index (χ1) is 15.6. The lowest BCUT2D eigenvalue weighted by atomic mass is 9.64. The van der Waals surface area contributed by atoms with Crippen molar-refractivity contribution in [1.82, 2.24) is 0 Å². The van der Waals surface area contributed by atoms with Crippen LogP contribution in [0.4, 0.5) is 11.4 Å². The molecule has 1 spiro atoms. The number of nitrogens with zero attached hydrogens (tertiary/aromatic N) is 3. The van der Waals surface area contributed by atoms with Crippen LogP contribution in [0.3, 0.4) is 0 Å². The number of carbonyl (C=O) groups is 2. The van der Waals surface area contributed by atoms with Crippen LogP contribution in [0.25, 0.3) is 0 Å². The number of nitriles is 1. The molecule has 3 aliphatic rings. The fraction of sp³-hybridized carbons (Fsp3) is 0.192. The van der Waals surface area contributed by atoms with Crippen LogP contribution in [-0.2, 0) is 15.0 Å². The van der Waals surface area contributed by atoms with E-state index in [1.165, 1.54) is 4.90 Å². The van der Waals surface area contributed by atoms with Crippen LogP contribution < -0.4 is 15.5 Å². The second kappa shape index (κ2) is 7.14. The predicted octanol–water partition coefficient (Wildman–Crippen LogP) is 3.13. The second-order valence-corrected chi connectivity index (χ2v) is 8.00. The van der Waals surface area contributed by atoms with Crippen LogP contribution in [-0.4, -0.2) is 18.2 Å². The highest BCUT2D eigenvalue weighted by Gasteiger charge is 2.62. The summed E-state index contributed by atoms with van der Waals surface area (Å²) in [6, 6.07) is 18.8. The summed E-state index contributed by atoms with van der Waals surface area (Å²) in [5.74, 6) is 2.16. The number of allylic oxidation sites excluding steroid dienone is 1. The molecular weight excluding hydrogens is 400 g/mol. The van der Waals surface area contributed by atoms with Gasteiger partial charge < -0.3 is 5.73 Å². The largest absolute Gasteiger partial charge is 0.384 e. The third-order valence-electron chi connectivity index (χ3n) is 6.44. The zero-order chi connectivity index (χ0) is 22.5. The molecule has 5 rings (SSSR count). The highest BCUT2D eigenvalue weighted by Crippen LogP contribution is 2.56. The van der Waals surface area contributed by atoms with Gasteiger partial charge in [-0.2, -0.15) is 5.26 Å². The van der Waals surface area contributed by atoms with Gasteiger partial charge in [0.2, 0.25) is 5.91 Å². The Labute approximate surface area is 186 Å². The third kappa shape index (κ3) is 2.35. The molecule has 156 valence electrons. The van der Waals surface area contributed by atoms with Gasteiger partial charge in [-0.1, -0.05) is 42.3 Å². The lowest BCUT2D eigenvalue weighted by molar-refractivity contribution is -0.124. The highest BCUT2D eigenvalue weighted by atomic mass is 16.2. The number of Topliss-reactive ketones (excluding diaryl/α,β-unsaturated/α-hetero) is 1. The number of amides is 1. The van der Waals surface area contributed by atoms with E-state index in [0.717, 1.165) is 5.69 Å². The van der Waals surface area contributed by atoms with Crippen LogP contribution in [0.1, 0.15) is 24.8 Å². The molecule has 0 bridgehead atoms. The van der Waals surface area contributed by atoms with Gasteiger partial charge in [0.05, 0.1) is 12.1 Å². The van der Waals surface area contributed by atoms with E-state index in [9.17, 15) is 14.9 Å². The maximum absolute atomic E-state index is 14.1. The minimum absolute atomic E-state index is 0.0371. The van der Waals surface area contributed by atoms with Crippen molar-refractivity contribution in [2.24, 2.45) is 5.73 Å². The van der Waals surface area contributed by atoms with Crippen molar-refractivity contribution in [2.75, 3.05) is 16.3 Å². The van der Waals surface area contributed by atoms with Crippen molar-refractivity contribution in [3.63, 3.8) is 0 Å². The van der Waals surface area contributed by atoms with Crippen molar-refractivity contribution in [3.8, 4) is 18.4 Å². The zero-order valence-corrected chi connectivity index (χ0v) is 17.3. The van der Waals surface area contributed by atoms with Crippen molar-refractivity contribution in [2.45, 2.75) is 24.7 Å². The topological polar surface area (TPSA) is 90.4 Å². The normalized spacial score (nSPS) is 22.1. The smallest absolute Gasteiger partial charge is 0.248 e. The summed E-state index contributed by atoms with van der Waals surface area (Å²) in [5, 5.41) is 10.3. The van der Waals surface area contributed by atoms with Gasteiger partial charge in [0.15, 0.2) is 5.78 Å². The molecule has 6 nitrogen and oxygen atoms in total. The summed E-state index contributed by atoms with van der Waals surface area (Å²) in [4.78, 5) is 30.8. The van der Waals surface area contributed by atoms with Crippen molar-refractivity contribution < 1.29 is 9.59 Å². The number of carbonyl (C=O) groups excluding carboxylic acids is 2. The van der Waals surface area contributed by atoms with Gasteiger partial charge in [0.25, 0.3) is 0 Å². The maximum atomic E-state index is 14.1. The van der Waals surface area contributed by atoms with E-state index in [1.807, 2.05) is 36.4 Å². The Kier molecular flexibility index (Phi) is 4.39. The molecule has 1 atom stereocenters. The number of hydrogen-bond donors (Lipinski definition) is 1. The Bertz CT molecular complexity index is 1310. The molecule has 0 aromatic heterocycles. The first kappa shape index (κ1) is 19.7. The lowest BCUT2D eigenvalue weighted by Gasteiger charge is -2.43. The minimum atomic E-state index is -1.58. The van der Waals surface area contributed by atoms with E-state index in [2.05, 4.69) is 12.0 Å². The van der Waals surface area contributed by atoms with E-state index >= 15 is 0 Å². The first-order valence-electron chi connectivity index (χ1n) is 10.4. The Morgan fingerprint density at radius 3 is 2.50 bits per heavy atom. The molecule has 6 heteroatoms. The van der Waals surface area contributed by atoms with E-state index < -0.39 is 11.3 Å². The Morgan fingerprint density at radius 2 is 1.78 bits per heavy atom. The lowest BCUT2D eigenvalue weighted by Crippen LogP contribution is -2.52. The van der Waals surface area contributed by atoms with Gasteiger partial charge in [-0.15, -0.1) is 6.42 Å². The summed E-state index contributed by atoms with van der Waals surface area (Å²) < 4.78 is 0. The average Bonchev–Trinajstić information content (AvgIpc) is 3.04. The fourth-order valence-corrected chi connectivity index (χ4v) is 5.25. The van der Waals surface area contributed by atoms with Crippen LogP contribution in [0.5, 0.6) is 0 Å².